The van der Waals surface area contributed by atoms with Crippen LogP contribution in [0.25, 0.3) is 11.3 Å². The molecular weight excluding hydrogens is 414 g/mol. The molecule has 2 aliphatic rings. The molecule has 32 heavy (non-hydrogen) atoms. The Morgan fingerprint density at radius 1 is 1.06 bits per heavy atom. The fourth-order valence-electron chi connectivity index (χ4n) is 5.61. The van der Waals surface area contributed by atoms with E-state index >= 15 is 0 Å². The van der Waals surface area contributed by atoms with Gasteiger partial charge in [0.05, 0.1) is 12.3 Å². The van der Waals surface area contributed by atoms with E-state index in [0.717, 1.165) is 56.3 Å². The maximum Gasteiger partial charge on any atom is 0.185 e. The van der Waals surface area contributed by atoms with Gasteiger partial charge in [-0.2, -0.15) is 0 Å². The normalized spacial score (nSPS) is 20.5. The summed E-state index contributed by atoms with van der Waals surface area (Å²) in [5.74, 6) is 0. The molecule has 0 radical (unpaired) electrons. The third-order valence-electron chi connectivity index (χ3n) is 7.79. The zero-order valence-corrected chi connectivity index (χ0v) is 21.5. The van der Waals surface area contributed by atoms with Gasteiger partial charge in [0.15, 0.2) is 5.13 Å². The van der Waals surface area contributed by atoms with Gasteiger partial charge in [0.2, 0.25) is 0 Å². The summed E-state index contributed by atoms with van der Waals surface area (Å²) in [4.78, 5) is 10.0. The lowest BCUT2D eigenvalue weighted by Gasteiger charge is -2.42. The van der Waals surface area contributed by atoms with Gasteiger partial charge in [-0.05, 0) is 66.7 Å². The molecule has 0 atom stereocenters. The molecule has 4 rings (SSSR count). The molecule has 1 aromatic carbocycles. The summed E-state index contributed by atoms with van der Waals surface area (Å²) in [5.41, 5.74) is 5.85. The van der Waals surface area contributed by atoms with E-state index in [-0.39, 0.29) is 17.4 Å². The molecule has 4 nitrogen and oxygen atoms in total. The molecule has 0 amide bonds. The number of fused-ring (bicyclic) bond motifs is 1. The minimum absolute atomic E-state index is 0.223. The van der Waals surface area contributed by atoms with Crippen molar-refractivity contribution < 1.29 is 5.11 Å². The number of aromatic nitrogens is 1. The molecule has 1 aliphatic heterocycles. The van der Waals surface area contributed by atoms with Crippen molar-refractivity contribution in [2.24, 2.45) is 0 Å². The first-order valence-electron chi connectivity index (χ1n) is 12.5. The van der Waals surface area contributed by atoms with Crippen LogP contribution in [0, 0.1) is 0 Å². The molecule has 1 aliphatic carbocycles. The molecule has 0 saturated carbocycles. The second kappa shape index (κ2) is 9.44. The molecular formula is C27H41N3OS. The number of hydrogen-bond acceptors (Lipinski definition) is 5. The predicted octanol–water partition coefficient (Wildman–Crippen LogP) is 5.83. The molecule has 1 N–H and O–H groups in total. The smallest absolute Gasteiger partial charge is 0.185 e. The summed E-state index contributed by atoms with van der Waals surface area (Å²) in [7, 11) is 0. The Hall–Kier alpha value is -1.43. The monoisotopic (exact) mass is 455 g/mol. The molecule has 2 heterocycles. The van der Waals surface area contributed by atoms with Crippen LogP contribution in [0.15, 0.2) is 23.6 Å². The molecule has 0 spiro atoms. The molecule has 176 valence electrons. The van der Waals surface area contributed by atoms with Gasteiger partial charge in [0.25, 0.3) is 0 Å². The highest BCUT2D eigenvalue weighted by molar-refractivity contribution is 7.14. The average molecular weight is 456 g/mol. The van der Waals surface area contributed by atoms with Crippen molar-refractivity contribution in [3.63, 3.8) is 0 Å². The van der Waals surface area contributed by atoms with Gasteiger partial charge in [-0.3, -0.25) is 4.90 Å². The average Bonchev–Trinajstić information content (AvgIpc) is 3.27. The van der Waals surface area contributed by atoms with E-state index in [9.17, 15) is 5.11 Å². The van der Waals surface area contributed by atoms with E-state index in [2.05, 4.69) is 68.0 Å². The van der Waals surface area contributed by atoms with Gasteiger partial charge in [-0.1, -0.05) is 46.8 Å². The highest BCUT2D eigenvalue weighted by Gasteiger charge is 2.37. The van der Waals surface area contributed by atoms with E-state index < -0.39 is 0 Å². The lowest BCUT2D eigenvalue weighted by molar-refractivity contribution is 0.133. The Balaban J connectivity index is 1.48. The first-order chi connectivity index (χ1) is 15.2. The van der Waals surface area contributed by atoms with E-state index in [1.165, 1.54) is 29.5 Å². The van der Waals surface area contributed by atoms with Crippen molar-refractivity contribution in [2.75, 3.05) is 37.7 Å². The quantitative estimate of drug-likeness (QED) is 0.570. The number of hydrogen-bond donors (Lipinski definition) is 1. The van der Waals surface area contributed by atoms with Crippen LogP contribution < -0.4 is 4.90 Å². The molecule has 1 fully saturated rings. The maximum atomic E-state index is 9.41. The van der Waals surface area contributed by atoms with E-state index in [1.807, 2.05) is 0 Å². The van der Waals surface area contributed by atoms with Crippen LogP contribution in [-0.4, -0.2) is 53.8 Å². The minimum atomic E-state index is 0.223. The van der Waals surface area contributed by atoms with Crippen molar-refractivity contribution in [3.05, 3.63) is 34.7 Å². The molecule has 2 aromatic rings. The van der Waals surface area contributed by atoms with Crippen molar-refractivity contribution in [1.82, 2.24) is 9.88 Å². The van der Waals surface area contributed by atoms with Crippen LogP contribution in [0.3, 0.4) is 0 Å². The molecule has 0 unspecified atom stereocenters. The number of aliphatic hydroxyl groups is 1. The van der Waals surface area contributed by atoms with Gasteiger partial charge in [0.1, 0.15) is 0 Å². The Kier molecular flexibility index (Phi) is 7.00. The number of anilines is 1. The summed E-state index contributed by atoms with van der Waals surface area (Å²) in [5, 5.41) is 12.8. The summed E-state index contributed by atoms with van der Waals surface area (Å²) in [6, 6.07) is 7.65. The number of aliphatic hydroxyl groups excluding tert-OH is 1. The number of nitrogens with zero attached hydrogens (tertiary/aromatic N) is 3. The lowest BCUT2D eigenvalue weighted by atomic mass is 9.63. The maximum absolute atomic E-state index is 9.41. The van der Waals surface area contributed by atoms with E-state index in [0.29, 0.717) is 6.04 Å². The Labute approximate surface area is 198 Å². The van der Waals surface area contributed by atoms with Crippen molar-refractivity contribution in [1.29, 1.82) is 0 Å². The highest BCUT2D eigenvalue weighted by atomic mass is 32.1. The first kappa shape index (κ1) is 23.7. The first-order valence-corrected chi connectivity index (χ1v) is 13.3. The Bertz CT molecular complexity index is 905. The van der Waals surface area contributed by atoms with Crippen molar-refractivity contribution in [3.8, 4) is 11.3 Å². The second-order valence-electron chi connectivity index (χ2n) is 11.0. The lowest BCUT2D eigenvalue weighted by Crippen LogP contribution is -2.46. The van der Waals surface area contributed by atoms with Crippen LogP contribution in [0.2, 0.25) is 0 Å². The number of benzene rings is 1. The fourth-order valence-corrected chi connectivity index (χ4v) is 6.49. The van der Waals surface area contributed by atoms with Crippen LogP contribution in [0.5, 0.6) is 0 Å². The fraction of sp³-hybridized carbons (Fsp3) is 0.667. The van der Waals surface area contributed by atoms with Crippen LogP contribution in [-0.2, 0) is 10.8 Å². The predicted molar refractivity (Wildman–Crippen MR) is 137 cm³/mol. The SMILES string of the molecule is CCCN(CCO)C1CCN(c2nc(-c3ccc4c(c3)C(C)(C)CCC4(C)C)cs2)CC1. The number of thiazole rings is 1. The zero-order valence-electron chi connectivity index (χ0n) is 20.7. The third-order valence-corrected chi connectivity index (χ3v) is 8.69. The zero-order chi connectivity index (χ0) is 22.9. The Morgan fingerprint density at radius 2 is 1.75 bits per heavy atom. The summed E-state index contributed by atoms with van der Waals surface area (Å²) >= 11 is 1.78. The summed E-state index contributed by atoms with van der Waals surface area (Å²) in [6.45, 7) is 16.0. The second-order valence-corrected chi connectivity index (χ2v) is 11.9. The molecule has 1 saturated heterocycles. The van der Waals surface area contributed by atoms with Gasteiger partial charge in [0, 0.05) is 36.6 Å². The largest absolute Gasteiger partial charge is 0.395 e. The van der Waals surface area contributed by atoms with Crippen LogP contribution >= 0.6 is 11.3 Å². The highest BCUT2D eigenvalue weighted by Crippen LogP contribution is 2.47. The van der Waals surface area contributed by atoms with Crippen LogP contribution in [0.4, 0.5) is 5.13 Å². The summed E-state index contributed by atoms with van der Waals surface area (Å²) in [6.07, 6.45) is 5.93. The Morgan fingerprint density at radius 3 is 2.41 bits per heavy atom. The number of rotatable bonds is 7. The molecule has 1 aromatic heterocycles. The molecule has 0 bridgehead atoms. The minimum Gasteiger partial charge on any atom is -0.395 e. The number of piperidine rings is 1. The van der Waals surface area contributed by atoms with Crippen molar-refractivity contribution >= 4 is 16.5 Å². The van der Waals surface area contributed by atoms with E-state index in [4.69, 9.17) is 4.98 Å². The molecule has 5 heteroatoms. The topological polar surface area (TPSA) is 39.6 Å². The van der Waals surface area contributed by atoms with Gasteiger partial charge in [-0.25, -0.2) is 4.98 Å². The van der Waals surface area contributed by atoms with Crippen molar-refractivity contribution in [2.45, 2.75) is 83.6 Å². The van der Waals surface area contributed by atoms with E-state index in [1.54, 1.807) is 11.3 Å². The third kappa shape index (κ3) is 4.76. The van der Waals surface area contributed by atoms with Gasteiger partial charge >= 0.3 is 0 Å². The van der Waals surface area contributed by atoms with Gasteiger partial charge in [-0.15, -0.1) is 11.3 Å². The summed E-state index contributed by atoms with van der Waals surface area (Å²) < 4.78 is 0. The standard InChI is InChI=1S/C27H41N3OS/c1-6-13-29(16-17-31)21-9-14-30(15-10-21)25-28-24(19-32-25)20-7-8-22-23(18-20)27(4,5)12-11-26(22,2)3/h7-8,18-19,21,31H,6,9-17H2,1-5H3. The van der Waals surface area contributed by atoms with Crippen LogP contribution in [0.1, 0.15) is 77.8 Å². The van der Waals surface area contributed by atoms with Gasteiger partial charge < -0.3 is 10.0 Å².